The summed E-state index contributed by atoms with van der Waals surface area (Å²) in [4.78, 5) is 13.6. The molecule has 2 aromatic carbocycles. The summed E-state index contributed by atoms with van der Waals surface area (Å²) in [6, 6.07) is 15.8. The van der Waals surface area contributed by atoms with Crippen LogP contribution >= 0.6 is 12.2 Å². The minimum Gasteiger partial charge on any atom is -0.496 e. The molecular weight excluding hydrogens is 420 g/mol. The van der Waals surface area contributed by atoms with Crippen molar-refractivity contribution in [1.29, 1.82) is 0 Å². The number of aryl methyl sites for hydroxylation is 4. The average molecular weight is 449 g/mol. The topological polar surface area (TPSA) is 83.5 Å². The molecule has 0 aliphatic heterocycles. The summed E-state index contributed by atoms with van der Waals surface area (Å²) in [7, 11) is 1.65. The van der Waals surface area contributed by atoms with E-state index in [9.17, 15) is 0 Å². The predicted octanol–water partition coefficient (Wildman–Crippen LogP) is 4.67. The van der Waals surface area contributed by atoms with Gasteiger partial charge in [0.15, 0.2) is 5.11 Å². The maximum Gasteiger partial charge on any atom is 0.229 e. The lowest BCUT2D eigenvalue weighted by molar-refractivity contribution is 0.410. The molecule has 0 spiro atoms. The molecule has 0 aliphatic carbocycles. The van der Waals surface area contributed by atoms with E-state index in [4.69, 9.17) is 17.0 Å². The number of aliphatic imine (C=N–C) groups is 1. The van der Waals surface area contributed by atoms with E-state index in [-0.39, 0.29) is 0 Å². The van der Waals surface area contributed by atoms with Crippen molar-refractivity contribution in [1.82, 2.24) is 15.3 Å². The zero-order chi connectivity index (χ0) is 23.1. The highest BCUT2D eigenvalue weighted by atomic mass is 32.1. The monoisotopic (exact) mass is 448 g/mol. The molecular formula is C24H28N6OS. The van der Waals surface area contributed by atoms with Crippen molar-refractivity contribution in [3.63, 3.8) is 0 Å². The Morgan fingerprint density at radius 2 is 1.69 bits per heavy atom. The van der Waals surface area contributed by atoms with Crippen molar-refractivity contribution in [3.05, 3.63) is 76.6 Å². The number of hydrogen-bond acceptors (Lipinski definition) is 5. The van der Waals surface area contributed by atoms with Gasteiger partial charge in [-0.25, -0.2) is 15.0 Å². The van der Waals surface area contributed by atoms with E-state index in [0.717, 1.165) is 34.0 Å². The van der Waals surface area contributed by atoms with Crippen molar-refractivity contribution >= 4 is 34.9 Å². The molecule has 0 atom stereocenters. The number of methoxy groups -OCH3 is 1. The molecule has 1 heterocycles. The highest BCUT2D eigenvalue weighted by molar-refractivity contribution is 7.80. The number of nitrogens with zero attached hydrogens (tertiary/aromatic N) is 3. The van der Waals surface area contributed by atoms with Gasteiger partial charge >= 0.3 is 0 Å². The van der Waals surface area contributed by atoms with E-state index < -0.39 is 0 Å². The predicted molar refractivity (Wildman–Crippen MR) is 135 cm³/mol. The van der Waals surface area contributed by atoms with Crippen LogP contribution in [0.1, 0.15) is 28.1 Å². The van der Waals surface area contributed by atoms with Crippen LogP contribution in [-0.4, -0.2) is 28.1 Å². The van der Waals surface area contributed by atoms with Crippen LogP contribution in [0.4, 0.5) is 11.6 Å². The summed E-state index contributed by atoms with van der Waals surface area (Å²) >= 11 is 5.54. The number of anilines is 2. The van der Waals surface area contributed by atoms with Gasteiger partial charge in [0.1, 0.15) is 5.75 Å². The lowest BCUT2D eigenvalue weighted by atomic mass is 10.1. The van der Waals surface area contributed by atoms with Crippen molar-refractivity contribution in [3.8, 4) is 5.75 Å². The summed E-state index contributed by atoms with van der Waals surface area (Å²) in [6.07, 6.45) is 0. The first kappa shape index (κ1) is 23.1. The van der Waals surface area contributed by atoms with Gasteiger partial charge in [0.05, 0.1) is 13.7 Å². The number of aromatic nitrogens is 2. The van der Waals surface area contributed by atoms with Crippen LogP contribution in [-0.2, 0) is 6.54 Å². The minimum absolute atomic E-state index is 0.385. The number of para-hydroxylation sites is 1. The van der Waals surface area contributed by atoms with Gasteiger partial charge in [-0.15, -0.1) is 0 Å². The van der Waals surface area contributed by atoms with Crippen LogP contribution < -0.4 is 20.7 Å². The van der Waals surface area contributed by atoms with Crippen molar-refractivity contribution in [2.75, 3.05) is 17.7 Å². The number of nitrogens with one attached hydrogen (secondary N) is 3. The van der Waals surface area contributed by atoms with E-state index in [1.807, 2.05) is 63.2 Å². The van der Waals surface area contributed by atoms with E-state index in [1.165, 1.54) is 5.56 Å². The molecule has 7 nitrogen and oxygen atoms in total. The highest BCUT2D eigenvalue weighted by Crippen LogP contribution is 2.18. The van der Waals surface area contributed by atoms with Crippen molar-refractivity contribution in [2.24, 2.45) is 4.99 Å². The molecule has 3 N–H and O–H groups in total. The average Bonchev–Trinajstić information content (AvgIpc) is 2.73. The minimum atomic E-state index is 0.385. The lowest BCUT2D eigenvalue weighted by Gasteiger charge is -2.16. The van der Waals surface area contributed by atoms with E-state index in [2.05, 4.69) is 43.9 Å². The molecule has 0 bridgehead atoms. The third-order valence-corrected chi connectivity index (χ3v) is 4.88. The van der Waals surface area contributed by atoms with E-state index in [1.54, 1.807) is 7.11 Å². The maximum absolute atomic E-state index is 5.54. The Balaban J connectivity index is 1.82. The normalized spacial score (nSPS) is 11.1. The molecule has 3 aromatic rings. The number of rotatable bonds is 5. The van der Waals surface area contributed by atoms with Gasteiger partial charge in [-0.1, -0.05) is 35.9 Å². The van der Waals surface area contributed by atoms with Gasteiger partial charge in [-0.2, -0.15) is 0 Å². The quantitative estimate of drug-likeness (QED) is 0.297. The van der Waals surface area contributed by atoms with Crippen molar-refractivity contribution in [2.45, 2.75) is 34.2 Å². The van der Waals surface area contributed by atoms with E-state index >= 15 is 0 Å². The van der Waals surface area contributed by atoms with Gasteiger partial charge in [0, 0.05) is 22.6 Å². The molecule has 1 aromatic heterocycles. The Morgan fingerprint density at radius 1 is 0.969 bits per heavy atom. The molecule has 166 valence electrons. The standard InChI is InChI=1S/C24H28N6OS/c1-15-10-11-20(16(2)12-15)28-24(32)30-22(29-23-26-17(3)13-18(4)27-23)25-14-19-8-6-7-9-21(19)31-5/h6-13H,14H2,1-5H3,(H3,25,26,27,28,29,30,32). The second-order valence-electron chi connectivity index (χ2n) is 7.47. The molecule has 0 amide bonds. The summed E-state index contributed by atoms with van der Waals surface area (Å²) in [6.45, 7) is 8.33. The smallest absolute Gasteiger partial charge is 0.229 e. The SMILES string of the molecule is COc1ccccc1CN=C(NC(=S)Nc1ccc(C)cc1C)Nc1nc(C)cc(C)n1. The highest BCUT2D eigenvalue weighted by Gasteiger charge is 2.09. The number of hydrogen-bond donors (Lipinski definition) is 3. The number of guanidine groups is 1. The van der Waals surface area contributed by atoms with E-state index in [0.29, 0.717) is 23.6 Å². The molecule has 0 fully saturated rings. The van der Waals surface area contributed by atoms with Gasteiger partial charge < -0.3 is 15.4 Å². The van der Waals surface area contributed by atoms with Crippen LogP contribution in [0.15, 0.2) is 53.5 Å². The fourth-order valence-corrected chi connectivity index (χ4v) is 3.42. The Labute approximate surface area is 194 Å². The third kappa shape index (κ3) is 6.49. The van der Waals surface area contributed by atoms with Crippen LogP contribution in [0.3, 0.4) is 0 Å². The number of benzene rings is 2. The Kier molecular flexibility index (Phi) is 7.72. The summed E-state index contributed by atoms with van der Waals surface area (Å²) in [5.74, 6) is 1.65. The fraction of sp³-hybridized carbons (Fsp3) is 0.250. The third-order valence-electron chi connectivity index (χ3n) is 4.67. The van der Waals surface area contributed by atoms with Crippen LogP contribution in [0, 0.1) is 27.7 Å². The number of ether oxygens (including phenoxy) is 1. The second-order valence-corrected chi connectivity index (χ2v) is 7.88. The summed E-state index contributed by atoms with van der Waals surface area (Å²) in [5.41, 5.74) is 5.90. The maximum atomic E-state index is 5.54. The summed E-state index contributed by atoms with van der Waals surface area (Å²) < 4.78 is 5.44. The molecule has 0 unspecified atom stereocenters. The fourth-order valence-electron chi connectivity index (χ4n) is 3.21. The van der Waals surface area contributed by atoms with Gasteiger partial charge in [-0.3, -0.25) is 5.32 Å². The molecule has 0 aliphatic rings. The first-order valence-corrected chi connectivity index (χ1v) is 10.7. The van der Waals surface area contributed by atoms with Crippen molar-refractivity contribution < 1.29 is 4.74 Å². The molecule has 8 heteroatoms. The Hall–Kier alpha value is -3.52. The Morgan fingerprint density at radius 3 is 2.38 bits per heavy atom. The van der Waals surface area contributed by atoms with Crippen LogP contribution in [0.5, 0.6) is 5.75 Å². The summed E-state index contributed by atoms with van der Waals surface area (Å²) in [5, 5.41) is 9.94. The molecule has 3 rings (SSSR count). The largest absolute Gasteiger partial charge is 0.496 e. The first-order valence-electron chi connectivity index (χ1n) is 10.2. The zero-order valence-electron chi connectivity index (χ0n) is 19.0. The van der Waals surface area contributed by atoms with Gasteiger partial charge in [0.25, 0.3) is 0 Å². The number of thiocarbonyl (C=S) groups is 1. The molecule has 0 saturated heterocycles. The van der Waals surface area contributed by atoms with Gasteiger partial charge in [-0.05, 0) is 63.7 Å². The van der Waals surface area contributed by atoms with Crippen LogP contribution in [0.2, 0.25) is 0 Å². The van der Waals surface area contributed by atoms with Crippen LogP contribution in [0.25, 0.3) is 0 Å². The molecule has 0 radical (unpaired) electrons. The Bertz CT molecular complexity index is 1120. The molecule has 0 saturated carbocycles. The molecule has 32 heavy (non-hydrogen) atoms. The second kappa shape index (κ2) is 10.7. The lowest BCUT2D eigenvalue weighted by Crippen LogP contribution is -2.39. The zero-order valence-corrected chi connectivity index (χ0v) is 19.8. The first-order chi connectivity index (χ1) is 15.3. The van der Waals surface area contributed by atoms with Gasteiger partial charge in [0.2, 0.25) is 11.9 Å².